The molecule has 82 valence electrons. The number of amides is 1. The van der Waals surface area contributed by atoms with Crippen molar-refractivity contribution in [3.63, 3.8) is 0 Å². The topological polar surface area (TPSA) is 108 Å². The number of aliphatic hydroxyl groups excluding tert-OH is 1. The van der Waals surface area contributed by atoms with Crippen LogP contribution in [0.5, 0.6) is 5.75 Å². The minimum Gasteiger partial charge on any atom is -0.530 e. The van der Waals surface area contributed by atoms with Gasteiger partial charge in [-0.1, -0.05) is 0 Å². The molecule has 0 radical (unpaired) electrons. The summed E-state index contributed by atoms with van der Waals surface area (Å²) in [5, 5.41) is 20.9. The average molecular weight is 211 g/mol. The minimum atomic E-state index is -1.45. The van der Waals surface area contributed by atoms with Crippen LogP contribution in [0.4, 0.5) is 16.2 Å². The van der Waals surface area contributed by atoms with Crippen LogP contribution in [0.3, 0.4) is 0 Å². The highest BCUT2D eigenvalue weighted by molar-refractivity contribution is 5.84. The maximum absolute atomic E-state index is 10.3. The third-order valence-corrected chi connectivity index (χ3v) is 1.59. The number of nitrogens with two attached hydrogens (primary N) is 1. The molecule has 0 unspecified atom stereocenters. The quantitative estimate of drug-likeness (QED) is 0.576. The van der Waals surface area contributed by atoms with Crippen LogP contribution >= 0.6 is 0 Å². The van der Waals surface area contributed by atoms with E-state index in [2.05, 4.69) is 0 Å². The smallest absolute Gasteiger partial charge is 0.143 e. The first-order chi connectivity index (χ1) is 7.13. The number of anilines is 2. The van der Waals surface area contributed by atoms with Crippen LogP contribution < -0.4 is 20.9 Å². The Hall–Kier alpha value is -1.95. The van der Waals surface area contributed by atoms with Crippen molar-refractivity contribution in [2.45, 2.75) is 0 Å². The molecule has 0 fully saturated rings. The molecular formula is C9H11N2O4-. The van der Waals surface area contributed by atoms with Gasteiger partial charge < -0.3 is 30.8 Å². The highest BCUT2D eigenvalue weighted by Gasteiger charge is 2.03. The molecule has 0 heterocycles. The van der Waals surface area contributed by atoms with Gasteiger partial charge in [-0.25, -0.2) is 0 Å². The average Bonchev–Trinajstić information content (AvgIpc) is 2.16. The van der Waals surface area contributed by atoms with Gasteiger partial charge in [-0.2, -0.15) is 0 Å². The Morgan fingerprint density at radius 3 is 2.93 bits per heavy atom. The number of hydrogen-bond donors (Lipinski definition) is 3. The molecule has 15 heavy (non-hydrogen) atoms. The Morgan fingerprint density at radius 1 is 1.60 bits per heavy atom. The Bertz CT molecular complexity index is 354. The highest BCUT2D eigenvalue weighted by atomic mass is 16.5. The van der Waals surface area contributed by atoms with Crippen LogP contribution in [0.2, 0.25) is 0 Å². The first kappa shape index (κ1) is 11.1. The van der Waals surface area contributed by atoms with Gasteiger partial charge in [0.2, 0.25) is 0 Å². The molecule has 0 bridgehead atoms. The summed E-state index contributed by atoms with van der Waals surface area (Å²) in [6.07, 6.45) is -1.45. The number of hydrogen-bond acceptors (Lipinski definition) is 5. The number of carboxylic acid groups (broad SMARTS) is 1. The summed E-state index contributed by atoms with van der Waals surface area (Å²) in [5.41, 5.74) is 6.07. The minimum absolute atomic E-state index is 0.0750. The van der Waals surface area contributed by atoms with Gasteiger partial charge in [-0.05, 0) is 18.2 Å². The van der Waals surface area contributed by atoms with Crippen molar-refractivity contribution in [3.8, 4) is 5.75 Å². The fourth-order valence-electron chi connectivity index (χ4n) is 1.04. The Morgan fingerprint density at radius 2 is 2.33 bits per heavy atom. The molecule has 0 aliphatic carbocycles. The van der Waals surface area contributed by atoms with Crippen LogP contribution in [0.1, 0.15) is 0 Å². The molecule has 0 saturated carbocycles. The van der Waals surface area contributed by atoms with Crippen molar-refractivity contribution in [1.82, 2.24) is 0 Å². The number of rotatable bonds is 4. The molecule has 1 aromatic carbocycles. The lowest BCUT2D eigenvalue weighted by molar-refractivity contribution is -0.242. The normalized spacial score (nSPS) is 9.67. The fourth-order valence-corrected chi connectivity index (χ4v) is 1.04. The van der Waals surface area contributed by atoms with E-state index in [0.717, 1.165) is 0 Å². The molecule has 0 aromatic heterocycles. The molecule has 0 saturated heterocycles. The van der Waals surface area contributed by atoms with E-state index < -0.39 is 6.09 Å². The van der Waals surface area contributed by atoms with E-state index in [1.807, 2.05) is 5.32 Å². The largest absolute Gasteiger partial charge is 0.530 e. The monoisotopic (exact) mass is 211 g/mol. The van der Waals surface area contributed by atoms with E-state index in [1.54, 1.807) is 6.07 Å². The van der Waals surface area contributed by atoms with Gasteiger partial charge in [0.05, 0.1) is 12.3 Å². The van der Waals surface area contributed by atoms with Crippen molar-refractivity contribution >= 4 is 17.5 Å². The zero-order valence-electron chi connectivity index (χ0n) is 7.90. The second-order valence-corrected chi connectivity index (χ2v) is 2.74. The molecule has 1 amide bonds. The zero-order chi connectivity index (χ0) is 11.3. The Balaban J connectivity index is 2.87. The maximum atomic E-state index is 10.3. The van der Waals surface area contributed by atoms with Crippen LogP contribution in [-0.4, -0.2) is 24.4 Å². The molecule has 6 nitrogen and oxygen atoms in total. The molecular weight excluding hydrogens is 200 g/mol. The van der Waals surface area contributed by atoms with Crippen molar-refractivity contribution in [2.75, 3.05) is 24.3 Å². The SMILES string of the molecule is Nc1ccc(OCCO)c(NC(=O)[O-])c1. The summed E-state index contributed by atoms with van der Waals surface area (Å²) in [4.78, 5) is 10.3. The summed E-state index contributed by atoms with van der Waals surface area (Å²) in [6, 6.07) is 4.48. The summed E-state index contributed by atoms with van der Waals surface area (Å²) in [7, 11) is 0. The van der Waals surface area contributed by atoms with E-state index >= 15 is 0 Å². The summed E-state index contributed by atoms with van der Waals surface area (Å²) in [6.45, 7) is -0.0826. The third-order valence-electron chi connectivity index (χ3n) is 1.59. The highest BCUT2D eigenvalue weighted by Crippen LogP contribution is 2.26. The van der Waals surface area contributed by atoms with Gasteiger partial charge in [0.25, 0.3) is 0 Å². The number of carbonyl (C=O) groups is 1. The summed E-state index contributed by atoms with van der Waals surface area (Å²) < 4.78 is 5.08. The van der Waals surface area contributed by atoms with Gasteiger partial charge >= 0.3 is 0 Å². The van der Waals surface area contributed by atoms with E-state index in [4.69, 9.17) is 15.6 Å². The van der Waals surface area contributed by atoms with Gasteiger partial charge in [-0.3, -0.25) is 0 Å². The van der Waals surface area contributed by atoms with Gasteiger partial charge in [0.15, 0.2) is 0 Å². The predicted molar refractivity (Wildman–Crippen MR) is 52.5 cm³/mol. The van der Waals surface area contributed by atoms with Crippen LogP contribution in [-0.2, 0) is 0 Å². The standard InChI is InChI=1S/C9H12N2O4/c10-6-1-2-8(15-4-3-12)7(5-6)11-9(13)14/h1-2,5,11-12H,3-4,10H2,(H,13,14)/p-1. The molecule has 0 atom stereocenters. The van der Waals surface area contributed by atoms with Gasteiger partial charge in [0, 0.05) is 5.69 Å². The second-order valence-electron chi connectivity index (χ2n) is 2.74. The van der Waals surface area contributed by atoms with Gasteiger partial charge in [0.1, 0.15) is 18.4 Å². The Kier molecular flexibility index (Phi) is 3.75. The lowest BCUT2D eigenvalue weighted by Crippen LogP contribution is -2.29. The number of ether oxygens (including phenoxy) is 1. The summed E-state index contributed by atoms with van der Waals surface area (Å²) in [5.74, 6) is 0.294. The van der Waals surface area contributed by atoms with Gasteiger partial charge in [-0.15, -0.1) is 0 Å². The van der Waals surface area contributed by atoms with Crippen molar-refractivity contribution in [3.05, 3.63) is 18.2 Å². The molecule has 0 aliphatic heterocycles. The van der Waals surface area contributed by atoms with E-state index in [-0.39, 0.29) is 18.9 Å². The number of nitrogens with one attached hydrogen (secondary N) is 1. The molecule has 0 spiro atoms. The molecule has 1 aromatic rings. The van der Waals surface area contributed by atoms with Crippen molar-refractivity contribution < 1.29 is 19.7 Å². The third kappa shape index (κ3) is 3.35. The fraction of sp³-hybridized carbons (Fsp3) is 0.222. The number of nitrogen functional groups attached to an aromatic ring is 1. The van der Waals surface area contributed by atoms with E-state index in [9.17, 15) is 9.90 Å². The lowest BCUT2D eigenvalue weighted by atomic mass is 10.2. The van der Waals surface area contributed by atoms with Crippen LogP contribution in [0.25, 0.3) is 0 Å². The van der Waals surface area contributed by atoms with Crippen LogP contribution in [0, 0.1) is 0 Å². The van der Waals surface area contributed by atoms with E-state index in [1.165, 1.54) is 12.1 Å². The first-order valence-corrected chi connectivity index (χ1v) is 4.24. The predicted octanol–water partition coefficient (Wildman–Crippen LogP) is -0.605. The first-order valence-electron chi connectivity index (χ1n) is 4.24. The summed E-state index contributed by atoms with van der Waals surface area (Å²) >= 11 is 0. The van der Waals surface area contributed by atoms with Crippen molar-refractivity contribution in [1.29, 1.82) is 0 Å². The molecule has 4 N–H and O–H groups in total. The molecule has 1 rings (SSSR count). The maximum Gasteiger partial charge on any atom is 0.143 e. The number of carbonyl (C=O) groups excluding carboxylic acids is 1. The van der Waals surface area contributed by atoms with Crippen molar-refractivity contribution in [2.24, 2.45) is 0 Å². The molecule has 6 heteroatoms. The Labute approximate surface area is 86.3 Å². The van der Waals surface area contributed by atoms with E-state index in [0.29, 0.717) is 11.4 Å². The molecule has 0 aliphatic rings. The van der Waals surface area contributed by atoms with Crippen LogP contribution in [0.15, 0.2) is 18.2 Å². The second kappa shape index (κ2) is 5.06. The zero-order valence-corrected chi connectivity index (χ0v) is 7.90. The lowest BCUT2D eigenvalue weighted by Gasteiger charge is -2.13. The number of aliphatic hydroxyl groups is 1. The number of benzene rings is 1.